The fourth-order valence-electron chi connectivity index (χ4n) is 1.24. The number of nitro groups is 1. The molecule has 0 atom stereocenters. The number of esters is 1. The normalized spacial score (nSPS) is 10.1. The van der Waals surface area contributed by atoms with Gasteiger partial charge in [0.25, 0.3) is 0 Å². The van der Waals surface area contributed by atoms with E-state index in [0.29, 0.717) is 5.56 Å². The van der Waals surface area contributed by atoms with Crippen molar-refractivity contribution in [1.29, 1.82) is 0 Å². The standard InChI is InChI=1S/C11H13N5O5/c1-20-10(17)6-21-9-3-2-7(4-8(9)16(18)19)5-14-15-11(12)13/h2-5H,6H2,1H3,(H4,12,13,15). The molecule has 0 spiro atoms. The van der Waals surface area contributed by atoms with Crippen LogP contribution in [0.1, 0.15) is 5.56 Å². The van der Waals surface area contributed by atoms with Gasteiger partial charge >= 0.3 is 11.7 Å². The van der Waals surface area contributed by atoms with Crippen LogP contribution >= 0.6 is 0 Å². The highest BCUT2D eigenvalue weighted by atomic mass is 16.6. The number of hydrogen-bond donors (Lipinski definition) is 2. The van der Waals surface area contributed by atoms with E-state index in [1.807, 2.05) is 0 Å². The minimum atomic E-state index is -0.650. The Morgan fingerprint density at radius 3 is 2.76 bits per heavy atom. The number of nitrogens with two attached hydrogens (primary N) is 2. The molecule has 10 heteroatoms. The van der Waals surface area contributed by atoms with E-state index in [1.54, 1.807) is 0 Å². The van der Waals surface area contributed by atoms with E-state index < -0.39 is 17.5 Å². The molecule has 0 aliphatic rings. The highest BCUT2D eigenvalue weighted by Gasteiger charge is 2.16. The molecule has 21 heavy (non-hydrogen) atoms. The van der Waals surface area contributed by atoms with Gasteiger partial charge in [0, 0.05) is 11.6 Å². The monoisotopic (exact) mass is 295 g/mol. The predicted octanol–water partition coefficient (Wildman–Crippen LogP) is -0.246. The highest BCUT2D eigenvalue weighted by Crippen LogP contribution is 2.27. The number of guanidine groups is 1. The number of rotatable bonds is 6. The number of nitrogens with zero attached hydrogens (tertiary/aromatic N) is 3. The second kappa shape index (κ2) is 7.43. The smallest absolute Gasteiger partial charge is 0.343 e. The highest BCUT2D eigenvalue weighted by molar-refractivity contribution is 5.83. The molecule has 0 heterocycles. The second-order valence-electron chi connectivity index (χ2n) is 3.62. The summed E-state index contributed by atoms with van der Waals surface area (Å²) in [6.45, 7) is -0.432. The van der Waals surface area contributed by atoms with Crippen LogP contribution in [-0.2, 0) is 9.53 Å². The fourth-order valence-corrected chi connectivity index (χ4v) is 1.24. The maximum absolute atomic E-state index is 11.0. The Balaban J connectivity index is 2.96. The van der Waals surface area contributed by atoms with Crippen LogP contribution in [0, 0.1) is 10.1 Å². The first kappa shape index (κ1) is 15.9. The zero-order chi connectivity index (χ0) is 15.8. The number of hydrogen-bond acceptors (Lipinski definition) is 7. The Labute approximate surface area is 119 Å². The minimum absolute atomic E-state index is 0.0654. The molecule has 0 aliphatic carbocycles. The Kier molecular flexibility index (Phi) is 5.62. The maximum atomic E-state index is 11.0. The lowest BCUT2D eigenvalue weighted by atomic mass is 10.2. The Bertz CT molecular complexity index is 595. The molecular weight excluding hydrogens is 282 g/mol. The molecule has 0 fully saturated rings. The number of nitro benzene ring substituents is 1. The van der Waals surface area contributed by atoms with Gasteiger partial charge in [0.15, 0.2) is 12.4 Å². The number of ether oxygens (including phenoxy) is 2. The molecule has 0 amide bonds. The molecule has 0 unspecified atom stereocenters. The topological polar surface area (TPSA) is 155 Å². The summed E-state index contributed by atoms with van der Waals surface area (Å²) in [6.07, 6.45) is 1.23. The molecule has 0 bridgehead atoms. The molecule has 10 nitrogen and oxygen atoms in total. The number of carbonyl (C=O) groups is 1. The van der Waals surface area contributed by atoms with E-state index in [9.17, 15) is 14.9 Å². The van der Waals surface area contributed by atoms with Crippen molar-refractivity contribution in [2.45, 2.75) is 0 Å². The number of carbonyl (C=O) groups excluding carboxylic acids is 1. The SMILES string of the molecule is COC(=O)COc1ccc(C=NN=C(N)N)cc1[N+](=O)[O-]. The van der Waals surface area contributed by atoms with Gasteiger partial charge in [-0.1, -0.05) is 0 Å². The quantitative estimate of drug-likeness (QED) is 0.241. The van der Waals surface area contributed by atoms with Crippen LogP contribution in [0.2, 0.25) is 0 Å². The van der Waals surface area contributed by atoms with Gasteiger partial charge in [-0.25, -0.2) is 4.79 Å². The van der Waals surface area contributed by atoms with Crippen LogP contribution in [0.4, 0.5) is 5.69 Å². The van der Waals surface area contributed by atoms with Crippen LogP contribution in [0.5, 0.6) is 5.75 Å². The van der Waals surface area contributed by atoms with Crippen LogP contribution in [0.25, 0.3) is 0 Å². The van der Waals surface area contributed by atoms with Crippen molar-refractivity contribution >= 4 is 23.8 Å². The molecular formula is C11H13N5O5. The van der Waals surface area contributed by atoms with E-state index >= 15 is 0 Å². The molecule has 0 radical (unpaired) electrons. The summed E-state index contributed by atoms with van der Waals surface area (Å²) in [7, 11) is 1.18. The van der Waals surface area contributed by atoms with Crippen molar-refractivity contribution in [2.75, 3.05) is 13.7 Å². The summed E-state index contributed by atoms with van der Waals surface area (Å²) < 4.78 is 9.40. The van der Waals surface area contributed by atoms with E-state index in [1.165, 1.54) is 31.5 Å². The summed E-state index contributed by atoms with van der Waals surface area (Å²) >= 11 is 0. The first-order valence-electron chi connectivity index (χ1n) is 5.54. The summed E-state index contributed by atoms with van der Waals surface area (Å²) in [5.41, 5.74) is 10.2. The predicted molar refractivity (Wildman–Crippen MR) is 74.0 cm³/mol. The van der Waals surface area contributed by atoms with Gasteiger partial charge in [-0.3, -0.25) is 10.1 Å². The fraction of sp³-hybridized carbons (Fsp3) is 0.182. The molecule has 0 saturated carbocycles. The Morgan fingerprint density at radius 2 is 2.19 bits per heavy atom. The molecule has 4 N–H and O–H groups in total. The molecule has 0 saturated heterocycles. The average molecular weight is 295 g/mol. The van der Waals surface area contributed by atoms with Gasteiger partial charge in [0.2, 0.25) is 5.96 Å². The lowest BCUT2D eigenvalue weighted by Gasteiger charge is -2.05. The van der Waals surface area contributed by atoms with Gasteiger partial charge in [-0.05, 0) is 12.1 Å². The number of methoxy groups -OCH3 is 1. The van der Waals surface area contributed by atoms with Crippen molar-refractivity contribution < 1.29 is 19.2 Å². The van der Waals surface area contributed by atoms with E-state index in [4.69, 9.17) is 16.2 Å². The molecule has 1 aromatic carbocycles. The first-order valence-corrected chi connectivity index (χ1v) is 5.54. The maximum Gasteiger partial charge on any atom is 0.343 e. The van der Waals surface area contributed by atoms with Gasteiger partial charge in [0.05, 0.1) is 18.2 Å². The zero-order valence-corrected chi connectivity index (χ0v) is 11.1. The van der Waals surface area contributed by atoms with Crippen molar-refractivity contribution in [1.82, 2.24) is 0 Å². The summed E-state index contributed by atoms with van der Waals surface area (Å²) in [5.74, 6) is -0.953. The zero-order valence-electron chi connectivity index (χ0n) is 11.1. The third-order valence-electron chi connectivity index (χ3n) is 2.13. The molecule has 1 aromatic rings. The molecule has 0 aromatic heterocycles. The second-order valence-corrected chi connectivity index (χ2v) is 3.62. The Hall–Kier alpha value is -3.17. The lowest BCUT2D eigenvalue weighted by molar-refractivity contribution is -0.385. The Morgan fingerprint density at radius 1 is 1.48 bits per heavy atom. The third-order valence-corrected chi connectivity index (χ3v) is 2.13. The van der Waals surface area contributed by atoms with Crippen LogP contribution in [-0.4, -0.2) is 36.8 Å². The van der Waals surface area contributed by atoms with E-state index in [2.05, 4.69) is 14.9 Å². The van der Waals surface area contributed by atoms with Crippen molar-refractivity contribution in [3.63, 3.8) is 0 Å². The van der Waals surface area contributed by atoms with Crippen LogP contribution in [0.3, 0.4) is 0 Å². The van der Waals surface area contributed by atoms with Crippen LogP contribution < -0.4 is 16.2 Å². The summed E-state index contributed by atoms with van der Waals surface area (Å²) in [4.78, 5) is 21.3. The van der Waals surface area contributed by atoms with E-state index in [0.717, 1.165) is 0 Å². The van der Waals surface area contributed by atoms with Gasteiger partial charge < -0.3 is 20.9 Å². The van der Waals surface area contributed by atoms with Gasteiger partial charge in [0.1, 0.15) is 0 Å². The average Bonchev–Trinajstić information content (AvgIpc) is 2.44. The van der Waals surface area contributed by atoms with E-state index in [-0.39, 0.29) is 17.4 Å². The van der Waals surface area contributed by atoms with Crippen LogP contribution in [0.15, 0.2) is 28.4 Å². The minimum Gasteiger partial charge on any atom is -0.475 e. The largest absolute Gasteiger partial charge is 0.475 e. The van der Waals surface area contributed by atoms with Crippen molar-refractivity contribution in [3.05, 3.63) is 33.9 Å². The lowest BCUT2D eigenvalue weighted by Crippen LogP contribution is -2.21. The first-order chi connectivity index (χ1) is 9.93. The molecule has 112 valence electrons. The third kappa shape index (κ3) is 5.14. The van der Waals surface area contributed by atoms with Gasteiger partial charge in [-0.2, -0.15) is 5.10 Å². The number of benzene rings is 1. The summed E-state index contributed by atoms with van der Waals surface area (Å²) in [6, 6.07) is 4.03. The van der Waals surface area contributed by atoms with Crippen molar-refractivity contribution in [2.24, 2.45) is 21.7 Å². The van der Waals surface area contributed by atoms with Crippen molar-refractivity contribution in [3.8, 4) is 5.75 Å². The van der Waals surface area contributed by atoms with Gasteiger partial charge in [-0.15, -0.1) is 5.10 Å². The molecule has 1 rings (SSSR count). The summed E-state index contributed by atoms with van der Waals surface area (Å²) in [5, 5.41) is 17.9. The molecule has 0 aliphatic heterocycles.